The molecule has 1 heterocycles. The lowest BCUT2D eigenvalue weighted by Crippen LogP contribution is -2.56. The lowest BCUT2D eigenvalue weighted by molar-refractivity contribution is -0.297. The summed E-state index contributed by atoms with van der Waals surface area (Å²) < 4.78 is 39.9. The molecule has 23 heavy (non-hydrogen) atoms. The van der Waals surface area contributed by atoms with E-state index in [1.807, 2.05) is 13.8 Å². The zero-order valence-corrected chi connectivity index (χ0v) is 13.3. The summed E-state index contributed by atoms with van der Waals surface area (Å²) in [7, 11) is 0. The zero-order valence-electron chi connectivity index (χ0n) is 12.6. The summed E-state index contributed by atoms with van der Waals surface area (Å²) in [6, 6.07) is 5.35. The molecule has 0 aromatic heterocycles. The molecule has 1 N–H and O–H groups in total. The molecule has 1 amide bonds. The Morgan fingerprint density at radius 3 is 2.43 bits per heavy atom. The number of benzene rings is 1. The second-order valence-electron chi connectivity index (χ2n) is 5.88. The van der Waals surface area contributed by atoms with E-state index in [1.165, 1.54) is 24.3 Å². The van der Waals surface area contributed by atoms with Gasteiger partial charge in [0.2, 0.25) is 0 Å². The second kappa shape index (κ2) is 6.13. The van der Waals surface area contributed by atoms with Gasteiger partial charge in [-0.3, -0.25) is 4.79 Å². The fourth-order valence-electron chi connectivity index (χ4n) is 2.35. The summed E-state index contributed by atoms with van der Waals surface area (Å²) in [6.45, 7) is 3.64. The number of nitrogens with zero attached hydrogens (tertiary/aromatic N) is 2. The van der Waals surface area contributed by atoms with Crippen molar-refractivity contribution >= 4 is 23.2 Å². The maximum absolute atomic E-state index is 13.3. The lowest BCUT2D eigenvalue weighted by Gasteiger charge is -2.32. The summed E-state index contributed by atoms with van der Waals surface area (Å²) in [6.07, 6.45) is -5.49. The fourth-order valence-corrected chi connectivity index (χ4v) is 2.48. The molecular weight excluding hydrogens is 333 g/mol. The second-order valence-corrected chi connectivity index (χ2v) is 6.32. The van der Waals surface area contributed by atoms with Gasteiger partial charge >= 0.3 is 6.18 Å². The Morgan fingerprint density at radius 2 is 1.96 bits per heavy atom. The number of carbonyl (C=O) groups is 1. The van der Waals surface area contributed by atoms with Crippen LogP contribution in [-0.2, 0) is 0 Å². The molecule has 1 unspecified atom stereocenters. The van der Waals surface area contributed by atoms with Crippen LogP contribution in [-0.4, -0.2) is 33.6 Å². The van der Waals surface area contributed by atoms with Crippen LogP contribution in [0.3, 0.4) is 0 Å². The standard InChI is InChI=1S/C15H16ClF3N2O2/c1-9(2)7-12-8-14(23,15(17,18)19)21(20-12)13(22)10-3-5-11(16)6-4-10/h3-6,9,23H,7-8H2,1-2H3. The predicted octanol–water partition coefficient (Wildman–Crippen LogP) is 3.84. The van der Waals surface area contributed by atoms with Gasteiger partial charge in [-0.05, 0) is 36.6 Å². The molecule has 0 saturated carbocycles. The van der Waals surface area contributed by atoms with Gasteiger partial charge in [-0.1, -0.05) is 25.4 Å². The van der Waals surface area contributed by atoms with Gasteiger partial charge in [0.1, 0.15) is 0 Å². The average molecular weight is 349 g/mol. The minimum Gasteiger partial charge on any atom is -0.362 e. The number of alkyl halides is 3. The largest absolute Gasteiger partial charge is 0.438 e. The van der Waals surface area contributed by atoms with Crippen LogP contribution in [0.25, 0.3) is 0 Å². The highest BCUT2D eigenvalue weighted by Gasteiger charge is 2.63. The molecule has 1 aliphatic rings. The van der Waals surface area contributed by atoms with E-state index < -0.39 is 24.2 Å². The van der Waals surface area contributed by atoms with Crippen molar-refractivity contribution in [3.63, 3.8) is 0 Å². The smallest absolute Gasteiger partial charge is 0.362 e. The van der Waals surface area contributed by atoms with Gasteiger partial charge in [-0.15, -0.1) is 0 Å². The van der Waals surface area contributed by atoms with Gasteiger partial charge in [0.25, 0.3) is 11.6 Å². The third-order valence-corrected chi connectivity index (χ3v) is 3.68. The summed E-state index contributed by atoms with van der Waals surface area (Å²) in [4.78, 5) is 12.4. The van der Waals surface area contributed by atoms with E-state index in [0.717, 1.165) is 0 Å². The molecule has 126 valence electrons. The summed E-state index contributed by atoms with van der Waals surface area (Å²) in [5.41, 5.74) is -3.22. The number of aliphatic hydroxyl groups is 1. The third kappa shape index (κ3) is 3.50. The first-order chi connectivity index (χ1) is 10.5. The maximum Gasteiger partial charge on any atom is 0.438 e. The predicted molar refractivity (Wildman–Crippen MR) is 80.1 cm³/mol. The van der Waals surface area contributed by atoms with Crippen molar-refractivity contribution < 1.29 is 23.1 Å². The molecule has 0 aliphatic carbocycles. The molecule has 4 nitrogen and oxygen atoms in total. The highest BCUT2D eigenvalue weighted by atomic mass is 35.5. The van der Waals surface area contributed by atoms with Crippen LogP contribution in [0.15, 0.2) is 29.4 Å². The van der Waals surface area contributed by atoms with Crippen LogP contribution < -0.4 is 0 Å². The Hall–Kier alpha value is -1.60. The molecule has 0 radical (unpaired) electrons. The van der Waals surface area contributed by atoms with E-state index in [1.54, 1.807) is 0 Å². The van der Waals surface area contributed by atoms with Crippen molar-refractivity contribution in [1.82, 2.24) is 5.01 Å². The van der Waals surface area contributed by atoms with Crippen molar-refractivity contribution in [2.24, 2.45) is 11.0 Å². The SMILES string of the molecule is CC(C)CC1=NN(C(=O)c2ccc(Cl)cc2)C(O)(C(F)(F)F)C1. The van der Waals surface area contributed by atoms with Crippen molar-refractivity contribution in [2.75, 3.05) is 0 Å². The number of hydrogen-bond donors (Lipinski definition) is 1. The lowest BCUT2D eigenvalue weighted by atomic mass is 9.99. The zero-order chi connectivity index (χ0) is 17.4. The van der Waals surface area contributed by atoms with Crippen LogP contribution in [0, 0.1) is 5.92 Å². The minimum absolute atomic E-state index is 0.0355. The van der Waals surface area contributed by atoms with Gasteiger partial charge < -0.3 is 5.11 Å². The number of halogens is 4. The Kier molecular flexibility index (Phi) is 4.73. The van der Waals surface area contributed by atoms with E-state index in [4.69, 9.17) is 11.6 Å². The first-order valence-corrected chi connectivity index (χ1v) is 7.38. The van der Waals surface area contributed by atoms with Crippen LogP contribution in [0.5, 0.6) is 0 Å². The van der Waals surface area contributed by atoms with Gasteiger partial charge in [0.05, 0.1) is 0 Å². The molecule has 0 spiro atoms. The number of amides is 1. The van der Waals surface area contributed by atoms with Crippen molar-refractivity contribution in [1.29, 1.82) is 0 Å². The third-order valence-electron chi connectivity index (χ3n) is 3.42. The molecule has 0 fully saturated rings. The van der Waals surface area contributed by atoms with E-state index in [2.05, 4.69) is 5.10 Å². The fraction of sp³-hybridized carbons (Fsp3) is 0.467. The van der Waals surface area contributed by atoms with Gasteiger partial charge in [-0.25, -0.2) is 0 Å². The minimum atomic E-state index is -5.02. The Morgan fingerprint density at radius 1 is 1.39 bits per heavy atom. The molecule has 0 bridgehead atoms. The van der Waals surface area contributed by atoms with Crippen molar-refractivity contribution in [3.8, 4) is 0 Å². The molecular formula is C15H16ClF3N2O2. The Balaban J connectivity index is 2.39. The first-order valence-electron chi connectivity index (χ1n) is 7.00. The number of carbonyl (C=O) groups excluding carboxylic acids is 1. The quantitative estimate of drug-likeness (QED) is 0.902. The monoisotopic (exact) mass is 348 g/mol. The molecule has 1 aromatic carbocycles. The Labute approximate surface area is 136 Å². The highest BCUT2D eigenvalue weighted by molar-refractivity contribution is 6.30. The van der Waals surface area contributed by atoms with Crippen LogP contribution >= 0.6 is 11.6 Å². The van der Waals surface area contributed by atoms with Gasteiger partial charge in [0, 0.05) is 22.7 Å². The average Bonchev–Trinajstić information content (AvgIpc) is 2.75. The van der Waals surface area contributed by atoms with E-state index in [-0.39, 0.29) is 28.6 Å². The number of rotatable bonds is 3. The summed E-state index contributed by atoms with van der Waals surface area (Å²) in [5, 5.41) is 14.3. The molecule has 0 saturated heterocycles. The van der Waals surface area contributed by atoms with E-state index in [9.17, 15) is 23.1 Å². The summed E-state index contributed by atoms with van der Waals surface area (Å²) in [5.74, 6) is -0.975. The summed E-state index contributed by atoms with van der Waals surface area (Å²) >= 11 is 5.70. The van der Waals surface area contributed by atoms with Crippen LogP contribution in [0.1, 0.15) is 37.0 Å². The number of hydrazone groups is 1. The maximum atomic E-state index is 13.3. The molecule has 8 heteroatoms. The van der Waals surface area contributed by atoms with Crippen LogP contribution in [0.2, 0.25) is 5.02 Å². The van der Waals surface area contributed by atoms with Crippen LogP contribution in [0.4, 0.5) is 13.2 Å². The van der Waals surface area contributed by atoms with E-state index in [0.29, 0.717) is 5.02 Å². The molecule has 1 aliphatic heterocycles. The molecule has 1 aromatic rings. The highest BCUT2D eigenvalue weighted by Crippen LogP contribution is 2.41. The molecule has 2 rings (SSSR count). The van der Waals surface area contributed by atoms with Gasteiger partial charge in [-0.2, -0.15) is 23.3 Å². The van der Waals surface area contributed by atoms with Gasteiger partial charge in [0.15, 0.2) is 0 Å². The van der Waals surface area contributed by atoms with E-state index >= 15 is 0 Å². The Bertz CT molecular complexity index is 629. The topological polar surface area (TPSA) is 52.9 Å². The molecule has 1 atom stereocenters. The first kappa shape index (κ1) is 17.7. The normalized spacial score (nSPS) is 21.7. The van der Waals surface area contributed by atoms with Crippen molar-refractivity contribution in [2.45, 2.75) is 38.6 Å². The number of hydrogen-bond acceptors (Lipinski definition) is 3. The van der Waals surface area contributed by atoms with Crippen molar-refractivity contribution in [3.05, 3.63) is 34.9 Å².